The number of rotatable bonds is 3. The fourth-order valence-corrected chi connectivity index (χ4v) is 2.43. The van der Waals surface area contributed by atoms with Gasteiger partial charge in [0.25, 0.3) is 0 Å². The van der Waals surface area contributed by atoms with Gasteiger partial charge in [0.15, 0.2) is 0 Å². The first-order chi connectivity index (χ1) is 8.56. The number of pyridine rings is 1. The summed E-state index contributed by atoms with van der Waals surface area (Å²) in [6.07, 6.45) is 4.48. The Balaban J connectivity index is 2.05. The maximum absolute atomic E-state index is 12.4. The maximum Gasteiger partial charge on any atom is 0.229 e. The fourth-order valence-electron chi connectivity index (χ4n) is 2.43. The Labute approximate surface area is 108 Å². The van der Waals surface area contributed by atoms with Crippen LogP contribution in [0.1, 0.15) is 31.7 Å². The number of nitrogens with zero attached hydrogens (tertiary/aromatic N) is 2. The molecule has 2 unspecified atom stereocenters. The van der Waals surface area contributed by atoms with Gasteiger partial charge in [0.05, 0.1) is 5.92 Å². The molecule has 1 saturated heterocycles. The molecule has 1 aromatic heterocycles. The lowest BCUT2D eigenvalue weighted by molar-refractivity contribution is -0.131. The molecule has 2 atom stereocenters. The third kappa shape index (κ3) is 2.53. The molecule has 0 aliphatic carbocycles. The molecule has 98 valence electrons. The van der Waals surface area contributed by atoms with Crippen molar-refractivity contribution in [1.29, 1.82) is 0 Å². The third-order valence-corrected chi connectivity index (χ3v) is 3.92. The number of nitrogens with two attached hydrogens (primary N) is 1. The van der Waals surface area contributed by atoms with Crippen LogP contribution in [0, 0.1) is 5.41 Å². The Morgan fingerprint density at radius 1 is 1.67 bits per heavy atom. The van der Waals surface area contributed by atoms with Crippen molar-refractivity contribution in [1.82, 2.24) is 9.88 Å². The minimum Gasteiger partial charge on any atom is -0.342 e. The third-order valence-electron chi connectivity index (χ3n) is 3.92. The summed E-state index contributed by atoms with van der Waals surface area (Å²) in [4.78, 5) is 18.4. The van der Waals surface area contributed by atoms with Gasteiger partial charge in [-0.1, -0.05) is 13.0 Å². The van der Waals surface area contributed by atoms with Crippen molar-refractivity contribution >= 4 is 5.91 Å². The Morgan fingerprint density at radius 3 is 3.00 bits per heavy atom. The predicted molar refractivity (Wildman–Crippen MR) is 71.0 cm³/mol. The fraction of sp³-hybridized carbons (Fsp3) is 0.571. The second kappa shape index (κ2) is 5.06. The zero-order valence-corrected chi connectivity index (χ0v) is 11.1. The molecule has 18 heavy (non-hydrogen) atoms. The molecule has 1 aliphatic heterocycles. The molecule has 2 rings (SSSR count). The second-order valence-corrected chi connectivity index (χ2v) is 5.53. The first-order valence-corrected chi connectivity index (χ1v) is 6.44. The molecular formula is C14H21N3O. The summed E-state index contributed by atoms with van der Waals surface area (Å²) >= 11 is 0. The lowest BCUT2D eigenvalue weighted by Crippen LogP contribution is -2.36. The quantitative estimate of drug-likeness (QED) is 0.878. The van der Waals surface area contributed by atoms with Gasteiger partial charge in [0, 0.05) is 25.5 Å². The molecule has 1 fully saturated rings. The lowest BCUT2D eigenvalue weighted by atomic mass is 9.90. The zero-order valence-electron chi connectivity index (χ0n) is 11.1. The van der Waals surface area contributed by atoms with E-state index < -0.39 is 0 Å². The molecular weight excluding hydrogens is 226 g/mol. The SMILES string of the molecule is CC(C(=O)N1CCC(C)(CN)C1)c1cccnc1. The van der Waals surface area contributed by atoms with Crippen LogP contribution in [0.3, 0.4) is 0 Å². The Kier molecular flexibility index (Phi) is 3.66. The maximum atomic E-state index is 12.4. The van der Waals surface area contributed by atoms with E-state index in [9.17, 15) is 4.79 Å². The lowest BCUT2D eigenvalue weighted by Gasteiger charge is -2.24. The van der Waals surface area contributed by atoms with E-state index >= 15 is 0 Å². The Bertz CT molecular complexity index is 420. The average molecular weight is 247 g/mol. The van der Waals surface area contributed by atoms with Gasteiger partial charge in [0.2, 0.25) is 5.91 Å². The average Bonchev–Trinajstić information content (AvgIpc) is 2.81. The van der Waals surface area contributed by atoms with Crippen LogP contribution in [-0.2, 0) is 4.79 Å². The molecule has 0 radical (unpaired) electrons. The largest absolute Gasteiger partial charge is 0.342 e. The van der Waals surface area contributed by atoms with Gasteiger partial charge in [-0.25, -0.2) is 0 Å². The van der Waals surface area contributed by atoms with Crippen LogP contribution in [0.2, 0.25) is 0 Å². The van der Waals surface area contributed by atoms with Gasteiger partial charge in [0.1, 0.15) is 0 Å². The van der Waals surface area contributed by atoms with Crippen LogP contribution in [0.5, 0.6) is 0 Å². The minimum absolute atomic E-state index is 0.0876. The van der Waals surface area contributed by atoms with Gasteiger partial charge in [-0.15, -0.1) is 0 Å². The Morgan fingerprint density at radius 2 is 2.44 bits per heavy atom. The van der Waals surface area contributed by atoms with E-state index in [-0.39, 0.29) is 17.2 Å². The van der Waals surface area contributed by atoms with E-state index in [1.807, 2.05) is 24.0 Å². The number of amides is 1. The summed E-state index contributed by atoms with van der Waals surface area (Å²) in [6, 6.07) is 3.82. The van der Waals surface area contributed by atoms with Gasteiger partial charge < -0.3 is 10.6 Å². The van der Waals surface area contributed by atoms with E-state index in [0.29, 0.717) is 6.54 Å². The molecule has 1 aromatic rings. The van der Waals surface area contributed by atoms with Gasteiger partial charge in [-0.05, 0) is 36.9 Å². The van der Waals surface area contributed by atoms with E-state index in [2.05, 4.69) is 11.9 Å². The summed E-state index contributed by atoms with van der Waals surface area (Å²) < 4.78 is 0. The van der Waals surface area contributed by atoms with Crippen LogP contribution < -0.4 is 5.73 Å². The van der Waals surface area contributed by atoms with Crippen LogP contribution in [-0.4, -0.2) is 35.4 Å². The summed E-state index contributed by atoms with van der Waals surface area (Å²) in [7, 11) is 0. The smallest absolute Gasteiger partial charge is 0.229 e. The summed E-state index contributed by atoms with van der Waals surface area (Å²) in [6.45, 7) is 6.31. The summed E-state index contributed by atoms with van der Waals surface area (Å²) in [5.41, 5.74) is 6.83. The highest BCUT2D eigenvalue weighted by molar-refractivity contribution is 5.83. The first-order valence-electron chi connectivity index (χ1n) is 6.44. The highest BCUT2D eigenvalue weighted by atomic mass is 16.2. The highest BCUT2D eigenvalue weighted by Gasteiger charge is 2.36. The van der Waals surface area contributed by atoms with Crippen molar-refractivity contribution in [3.8, 4) is 0 Å². The molecule has 2 heterocycles. The molecule has 0 bridgehead atoms. The molecule has 0 saturated carbocycles. The van der Waals surface area contributed by atoms with E-state index in [0.717, 1.165) is 25.1 Å². The van der Waals surface area contributed by atoms with Gasteiger partial charge in [-0.3, -0.25) is 9.78 Å². The standard InChI is InChI=1S/C14H21N3O/c1-11(12-4-3-6-16-8-12)13(18)17-7-5-14(2,9-15)10-17/h3-4,6,8,11H,5,7,9-10,15H2,1-2H3. The molecule has 2 N–H and O–H groups in total. The molecule has 1 aliphatic rings. The van der Waals surface area contributed by atoms with Gasteiger partial charge >= 0.3 is 0 Å². The molecule has 4 heteroatoms. The van der Waals surface area contributed by atoms with E-state index in [1.54, 1.807) is 12.4 Å². The first kappa shape index (κ1) is 13.0. The number of carbonyl (C=O) groups excluding carboxylic acids is 1. The second-order valence-electron chi connectivity index (χ2n) is 5.53. The Hall–Kier alpha value is -1.42. The van der Waals surface area contributed by atoms with Crippen molar-refractivity contribution in [3.05, 3.63) is 30.1 Å². The normalized spacial score (nSPS) is 25.2. The molecule has 0 aromatic carbocycles. The van der Waals surface area contributed by atoms with Crippen molar-refractivity contribution in [2.45, 2.75) is 26.2 Å². The zero-order chi connectivity index (χ0) is 13.2. The van der Waals surface area contributed by atoms with E-state index in [4.69, 9.17) is 5.73 Å². The number of hydrogen-bond donors (Lipinski definition) is 1. The molecule has 1 amide bonds. The van der Waals surface area contributed by atoms with Crippen molar-refractivity contribution < 1.29 is 4.79 Å². The van der Waals surface area contributed by atoms with Crippen molar-refractivity contribution in [3.63, 3.8) is 0 Å². The predicted octanol–water partition coefficient (Wildman–Crippen LogP) is 1.38. The highest BCUT2D eigenvalue weighted by Crippen LogP contribution is 2.30. The number of aromatic nitrogens is 1. The van der Waals surface area contributed by atoms with Crippen LogP contribution in [0.4, 0.5) is 0 Å². The summed E-state index contributed by atoms with van der Waals surface area (Å²) in [5, 5.41) is 0. The number of carbonyl (C=O) groups is 1. The molecule has 4 nitrogen and oxygen atoms in total. The van der Waals surface area contributed by atoms with Crippen LogP contribution in [0.25, 0.3) is 0 Å². The van der Waals surface area contributed by atoms with Crippen LogP contribution in [0.15, 0.2) is 24.5 Å². The number of likely N-dealkylation sites (tertiary alicyclic amines) is 1. The van der Waals surface area contributed by atoms with Gasteiger partial charge in [-0.2, -0.15) is 0 Å². The number of hydrogen-bond acceptors (Lipinski definition) is 3. The minimum atomic E-state index is -0.126. The van der Waals surface area contributed by atoms with E-state index in [1.165, 1.54) is 0 Å². The topological polar surface area (TPSA) is 59.2 Å². The van der Waals surface area contributed by atoms with Crippen molar-refractivity contribution in [2.24, 2.45) is 11.1 Å². The molecule has 0 spiro atoms. The van der Waals surface area contributed by atoms with Crippen molar-refractivity contribution in [2.75, 3.05) is 19.6 Å². The van der Waals surface area contributed by atoms with Crippen LogP contribution >= 0.6 is 0 Å². The summed E-state index contributed by atoms with van der Waals surface area (Å²) in [5.74, 6) is 0.0546. The monoisotopic (exact) mass is 247 g/mol.